The Morgan fingerprint density at radius 3 is 2.89 bits per heavy atom. The van der Waals surface area contributed by atoms with Crippen molar-refractivity contribution in [2.45, 2.75) is 31.2 Å². The van der Waals surface area contributed by atoms with E-state index in [0.29, 0.717) is 27.9 Å². The number of rotatable bonds is 5. The lowest BCUT2D eigenvalue weighted by Gasteiger charge is -2.21. The molecule has 0 fully saturated rings. The first-order valence-electron chi connectivity index (χ1n) is 8.79. The number of thioether (sulfide) groups is 1. The summed E-state index contributed by atoms with van der Waals surface area (Å²) in [5.74, 6) is 1.30. The van der Waals surface area contributed by atoms with Crippen LogP contribution >= 0.6 is 43.6 Å². The van der Waals surface area contributed by atoms with Crippen LogP contribution in [0.5, 0.6) is 5.75 Å². The van der Waals surface area contributed by atoms with E-state index in [1.807, 2.05) is 6.07 Å². The SMILES string of the molecule is COc1cc(Br)c(NC(=O)CSc2nc3c(cc2C#N)C[C@H](C)CC3)cc1Br. The number of carbonyl (C=O) groups excluding carboxylic acids is 1. The summed E-state index contributed by atoms with van der Waals surface area (Å²) in [5, 5.41) is 13.0. The predicted molar refractivity (Wildman–Crippen MR) is 118 cm³/mol. The molecule has 1 heterocycles. The Hall–Kier alpha value is -1.56. The lowest BCUT2D eigenvalue weighted by atomic mass is 9.87. The van der Waals surface area contributed by atoms with E-state index in [0.717, 1.165) is 39.5 Å². The normalized spacial score (nSPS) is 15.5. The first kappa shape index (κ1) is 21.2. The maximum absolute atomic E-state index is 12.4. The highest BCUT2D eigenvalue weighted by molar-refractivity contribution is 9.11. The van der Waals surface area contributed by atoms with E-state index in [-0.39, 0.29) is 11.7 Å². The fraction of sp³-hybridized carbons (Fsp3) is 0.350. The Morgan fingerprint density at radius 1 is 1.39 bits per heavy atom. The molecule has 1 aliphatic carbocycles. The Morgan fingerprint density at radius 2 is 2.18 bits per heavy atom. The molecular formula is C20H19Br2N3O2S. The van der Waals surface area contributed by atoms with Gasteiger partial charge in [-0.05, 0) is 80.8 Å². The average Bonchev–Trinajstić information content (AvgIpc) is 2.68. The van der Waals surface area contributed by atoms with Gasteiger partial charge in [-0.2, -0.15) is 5.26 Å². The summed E-state index contributed by atoms with van der Waals surface area (Å²) in [6, 6.07) is 7.73. The summed E-state index contributed by atoms with van der Waals surface area (Å²) in [6.07, 6.45) is 2.99. The smallest absolute Gasteiger partial charge is 0.234 e. The first-order valence-corrected chi connectivity index (χ1v) is 11.4. The number of amides is 1. The maximum Gasteiger partial charge on any atom is 0.234 e. The van der Waals surface area contributed by atoms with Crippen LogP contribution in [0, 0.1) is 17.2 Å². The van der Waals surface area contributed by atoms with Crippen LogP contribution in [0.3, 0.4) is 0 Å². The van der Waals surface area contributed by atoms with E-state index in [4.69, 9.17) is 4.74 Å². The van der Waals surface area contributed by atoms with E-state index in [2.05, 4.69) is 55.2 Å². The number of fused-ring (bicyclic) bond motifs is 1. The van der Waals surface area contributed by atoms with Crippen LogP contribution in [0.1, 0.15) is 30.2 Å². The van der Waals surface area contributed by atoms with Gasteiger partial charge in [0, 0.05) is 10.2 Å². The van der Waals surface area contributed by atoms with Gasteiger partial charge in [0.05, 0.1) is 28.6 Å². The minimum atomic E-state index is -0.167. The zero-order chi connectivity index (χ0) is 20.3. The predicted octanol–water partition coefficient (Wildman–Crippen LogP) is 5.34. The van der Waals surface area contributed by atoms with Crippen LogP contribution in [-0.2, 0) is 17.6 Å². The molecule has 0 aliphatic heterocycles. The maximum atomic E-state index is 12.4. The summed E-state index contributed by atoms with van der Waals surface area (Å²) < 4.78 is 6.71. The van der Waals surface area contributed by atoms with Crippen molar-refractivity contribution in [3.8, 4) is 11.8 Å². The molecule has 2 aromatic rings. The quantitative estimate of drug-likeness (QED) is 0.534. The molecule has 1 aromatic heterocycles. The summed E-state index contributed by atoms with van der Waals surface area (Å²) in [4.78, 5) is 17.1. The molecular weight excluding hydrogens is 506 g/mol. The minimum Gasteiger partial charge on any atom is -0.496 e. The number of halogens is 2. The molecule has 1 atom stereocenters. The average molecular weight is 525 g/mol. The largest absolute Gasteiger partial charge is 0.496 e. The molecule has 5 nitrogen and oxygen atoms in total. The van der Waals surface area contributed by atoms with Crippen molar-refractivity contribution in [1.29, 1.82) is 5.26 Å². The molecule has 28 heavy (non-hydrogen) atoms. The van der Waals surface area contributed by atoms with Gasteiger partial charge < -0.3 is 10.1 Å². The van der Waals surface area contributed by atoms with Crippen molar-refractivity contribution < 1.29 is 9.53 Å². The highest BCUT2D eigenvalue weighted by Gasteiger charge is 2.20. The fourth-order valence-corrected chi connectivity index (χ4v) is 4.82. The third-order valence-electron chi connectivity index (χ3n) is 4.57. The molecule has 8 heteroatoms. The summed E-state index contributed by atoms with van der Waals surface area (Å²) in [6.45, 7) is 2.22. The molecule has 146 valence electrons. The number of nitrogens with zero attached hydrogens (tertiary/aromatic N) is 2. The molecule has 1 amide bonds. The van der Waals surface area contributed by atoms with Crippen molar-refractivity contribution >= 4 is 55.2 Å². The summed E-state index contributed by atoms with van der Waals surface area (Å²) >= 11 is 8.15. The number of aryl methyl sites for hydroxylation is 1. The van der Waals surface area contributed by atoms with Gasteiger partial charge in [-0.1, -0.05) is 18.7 Å². The van der Waals surface area contributed by atoms with Crippen molar-refractivity contribution in [1.82, 2.24) is 4.98 Å². The number of nitrogens with one attached hydrogen (secondary N) is 1. The lowest BCUT2D eigenvalue weighted by molar-refractivity contribution is -0.113. The fourth-order valence-electron chi connectivity index (χ4n) is 3.12. The van der Waals surface area contributed by atoms with E-state index >= 15 is 0 Å². The zero-order valence-corrected chi connectivity index (χ0v) is 19.5. The Labute approximate surface area is 185 Å². The molecule has 1 aromatic carbocycles. The Kier molecular flexibility index (Phi) is 7.02. The third kappa shape index (κ3) is 4.88. The van der Waals surface area contributed by atoms with Crippen molar-refractivity contribution in [2.75, 3.05) is 18.2 Å². The number of hydrogen-bond donors (Lipinski definition) is 1. The van der Waals surface area contributed by atoms with Crippen LogP contribution in [-0.4, -0.2) is 23.8 Å². The van der Waals surface area contributed by atoms with Crippen LogP contribution < -0.4 is 10.1 Å². The van der Waals surface area contributed by atoms with Gasteiger partial charge in [-0.3, -0.25) is 4.79 Å². The van der Waals surface area contributed by atoms with Gasteiger partial charge in [-0.25, -0.2) is 4.98 Å². The topological polar surface area (TPSA) is 75.0 Å². The van der Waals surface area contributed by atoms with Crippen LogP contribution in [0.25, 0.3) is 0 Å². The van der Waals surface area contributed by atoms with E-state index in [1.54, 1.807) is 19.2 Å². The molecule has 1 aliphatic rings. The van der Waals surface area contributed by atoms with Gasteiger partial charge >= 0.3 is 0 Å². The second-order valence-corrected chi connectivity index (χ2v) is 9.38. The number of carbonyl (C=O) groups is 1. The van der Waals surface area contributed by atoms with Crippen LogP contribution in [0.4, 0.5) is 5.69 Å². The molecule has 0 unspecified atom stereocenters. The van der Waals surface area contributed by atoms with Crippen LogP contribution in [0.2, 0.25) is 0 Å². The first-order chi connectivity index (χ1) is 13.4. The van der Waals surface area contributed by atoms with Crippen molar-refractivity contribution in [3.63, 3.8) is 0 Å². The molecule has 1 N–H and O–H groups in total. The van der Waals surface area contributed by atoms with Crippen LogP contribution in [0.15, 0.2) is 32.2 Å². The number of pyridine rings is 1. The third-order valence-corrected chi connectivity index (χ3v) is 6.84. The van der Waals surface area contributed by atoms with Crippen molar-refractivity contribution in [2.24, 2.45) is 5.92 Å². The summed E-state index contributed by atoms with van der Waals surface area (Å²) in [7, 11) is 1.58. The zero-order valence-electron chi connectivity index (χ0n) is 15.5. The highest BCUT2D eigenvalue weighted by Crippen LogP contribution is 2.35. The molecule has 0 radical (unpaired) electrons. The molecule has 0 saturated carbocycles. The Bertz CT molecular complexity index is 959. The number of nitriles is 1. The number of hydrogen-bond acceptors (Lipinski definition) is 5. The second kappa shape index (κ2) is 9.29. The number of ether oxygens (including phenoxy) is 1. The van der Waals surface area contributed by atoms with E-state index < -0.39 is 0 Å². The van der Waals surface area contributed by atoms with Gasteiger partial charge in [-0.15, -0.1) is 0 Å². The Balaban J connectivity index is 1.70. The molecule has 0 spiro atoms. The second-order valence-electron chi connectivity index (χ2n) is 6.71. The number of aromatic nitrogens is 1. The monoisotopic (exact) mass is 523 g/mol. The van der Waals surface area contributed by atoms with E-state index in [9.17, 15) is 10.1 Å². The molecule has 3 rings (SSSR count). The van der Waals surface area contributed by atoms with Gasteiger partial charge in [0.1, 0.15) is 16.8 Å². The highest BCUT2D eigenvalue weighted by atomic mass is 79.9. The van der Waals surface area contributed by atoms with Gasteiger partial charge in [0.25, 0.3) is 0 Å². The number of anilines is 1. The van der Waals surface area contributed by atoms with E-state index in [1.165, 1.54) is 11.8 Å². The lowest BCUT2D eigenvalue weighted by Crippen LogP contribution is -2.16. The van der Waals surface area contributed by atoms with Crippen molar-refractivity contribution in [3.05, 3.63) is 44.0 Å². The van der Waals surface area contributed by atoms with Gasteiger partial charge in [0.15, 0.2) is 0 Å². The standard InChI is InChI=1S/C20H19Br2N3O2S/c1-11-3-4-16-12(5-11)6-13(9-23)20(25-16)28-10-19(26)24-17-7-15(22)18(27-2)8-14(17)21/h6-8,11H,3-5,10H2,1-2H3,(H,24,26)/t11-/m1/s1. The van der Waals surface area contributed by atoms with Gasteiger partial charge in [0.2, 0.25) is 5.91 Å². The molecule has 0 saturated heterocycles. The summed E-state index contributed by atoms with van der Waals surface area (Å²) in [5.41, 5.74) is 3.41. The minimum absolute atomic E-state index is 0.167. The number of methoxy groups -OCH3 is 1. The number of benzene rings is 1. The molecule has 0 bridgehead atoms.